The van der Waals surface area contributed by atoms with Gasteiger partial charge in [-0.3, -0.25) is 19.4 Å². The Morgan fingerprint density at radius 3 is 2.24 bits per heavy atom. The van der Waals surface area contributed by atoms with Crippen LogP contribution in [0.5, 0.6) is 5.75 Å². The Balaban J connectivity index is 1.42. The second kappa shape index (κ2) is 10.9. The number of pyridine rings is 1. The number of aromatic nitrogens is 1. The monoisotopic (exact) mass is 457 g/mol. The third-order valence-electron chi connectivity index (χ3n) is 6.15. The lowest BCUT2D eigenvalue weighted by Gasteiger charge is -2.37. The van der Waals surface area contributed by atoms with Gasteiger partial charge in [-0.25, -0.2) is 4.98 Å². The molecule has 7 heteroatoms. The van der Waals surface area contributed by atoms with Crippen LogP contribution >= 0.6 is 0 Å². The van der Waals surface area contributed by atoms with Gasteiger partial charge in [-0.15, -0.1) is 0 Å². The van der Waals surface area contributed by atoms with Gasteiger partial charge >= 0.3 is 0 Å². The minimum absolute atomic E-state index is 0.0205. The summed E-state index contributed by atoms with van der Waals surface area (Å²) in [5, 5.41) is 0. The van der Waals surface area contributed by atoms with Crippen LogP contribution in [0.2, 0.25) is 0 Å². The molecule has 34 heavy (non-hydrogen) atoms. The number of para-hydroxylation sites is 2. The van der Waals surface area contributed by atoms with Gasteiger partial charge in [0, 0.05) is 56.6 Å². The maximum Gasteiger partial charge on any atom is 0.259 e. The fourth-order valence-electron chi connectivity index (χ4n) is 4.18. The van der Waals surface area contributed by atoms with Crippen LogP contribution in [0.25, 0.3) is 0 Å². The minimum atomic E-state index is -0.124. The van der Waals surface area contributed by atoms with Crippen molar-refractivity contribution in [3.8, 4) is 5.75 Å². The molecule has 0 aliphatic carbocycles. The lowest BCUT2D eigenvalue weighted by molar-refractivity contribution is 0.0978. The zero-order valence-electron chi connectivity index (χ0n) is 19.7. The van der Waals surface area contributed by atoms with Crippen LogP contribution < -0.4 is 14.5 Å². The Kier molecular flexibility index (Phi) is 7.54. The quantitative estimate of drug-likeness (QED) is 0.480. The molecule has 176 valence electrons. The maximum atomic E-state index is 13.4. The molecule has 1 aromatic heterocycles. The number of nitrogens with zero attached hydrogens (tertiary/aromatic N) is 4. The highest BCUT2D eigenvalue weighted by atomic mass is 16.5. The molecule has 4 rings (SSSR count). The van der Waals surface area contributed by atoms with E-state index in [1.165, 1.54) is 6.92 Å². The zero-order chi connectivity index (χ0) is 23.9. The van der Waals surface area contributed by atoms with E-state index in [1.807, 2.05) is 36.4 Å². The minimum Gasteiger partial charge on any atom is -0.495 e. The molecule has 0 unspecified atom stereocenters. The highest BCUT2D eigenvalue weighted by Crippen LogP contribution is 2.28. The molecule has 1 saturated heterocycles. The van der Waals surface area contributed by atoms with E-state index in [-0.39, 0.29) is 11.7 Å². The third-order valence-corrected chi connectivity index (χ3v) is 6.15. The van der Waals surface area contributed by atoms with E-state index in [9.17, 15) is 9.59 Å². The van der Waals surface area contributed by atoms with Gasteiger partial charge in [0.1, 0.15) is 11.6 Å². The number of hydrogen-bond acceptors (Lipinski definition) is 6. The summed E-state index contributed by atoms with van der Waals surface area (Å²) in [4.78, 5) is 35.8. The first-order valence-electron chi connectivity index (χ1n) is 11.5. The summed E-state index contributed by atoms with van der Waals surface area (Å²) in [5.41, 5.74) is 2.24. The van der Waals surface area contributed by atoms with Crippen LogP contribution in [0, 0.1) is 0 Å². The predicted octanol–water partition coefficient (Wildman–Crippen LogP) is 3.76. The van der Waals surface area contributed by atoms with E-state index in [2.05, 4.69) is 20.9 Å². The van der Waals surface area contributed by atoms with Crippen LogP contribution in [-0.2, 0) is 0 Å². The zero-order valence-corrected chi connectivity index (χ0v) is 19.7. The second-order valence-electron chi connectivity index (χ2n) is 8.28. The van der Waals surface area contributed by atoms with E-state index in [0.29, 0.717) is 23.5 Å². The number of piperazine rings is 1. The molecule has 1 amide bonds. The van der Waals surface area contributed by atoms with Gasteiger partial charge in [-0.05, 0) is 43.3 Å². The summed E-state index contributed by atoms with van der Waals surface area (Å²) in [5.74, 6) is 1.36. The number of anilines is 2. The number of amides is 1. The Morgan fingerprint density at radius 1 is 0.912 bits per heavy atom. The third kappa shape index (κ3) is 5.43. The number of Topliss-reactive ketones (excluding diaryl/α,β-unsaturated/α-hetero) is 1. The van der Waals surface area contributed by atoms with Crippen LogP contribution in [0.4, 0.5) is 11.5 Å². The Morgan fingerprint density at radius 2 is 1.59 bits per heavy atom. The summed E-state index contributed by atoms with van der Waals surface area (Å²) >= 11 is 0. The standard InChI is InChI=1S/C27H30N4O3/c1-21(32)22-10-12-23(13-11-22)27(33)31(26-9-5-6-14-28-26)20-17-29-15-18-30(19-16-29)24-7-3-4-8-25(24)34-2/h3-14H,15-20H2,1-2H3/i27-1. The number of methoxy groups -OCH3 is 1. The fraction of sp³-hybridized carbons (Fsp3) is 0.296. The lowest BCUT2D eigenvalue weighted by atomic mass is 9.85. The van der Waals surface area contributed by atoms with E-state index >= 15 is 0 Å². The van der Waals surface area contributed by atoms with Crippen molar-refractivity contribution in [3.05, 3.63) is 84.1 Å². The summed E-state index contributed by atoms with van der Waals surface area (Å²) in [6.45, 7) is 6.37. The van der Waals surface area contributed by atoms with Crippen molar-refractivity contribution in [1.29, 1.82) is 0 Å². The summed E-state index contributed by atoms with van der Waals surface area (Å²) in [7, 11) is 1.70. The largest absolute Gasteiger partial charge is 0.495 e. The molecule has 1 aliphatic heterocycles. The molecule has 0 atom stereocenters. The smallest absolute Gasteiger partial charge is 0.259 e. The average molecular weight is 458 g/mol. The molecular weight excluding hydrogens is 427 g/mol. The maximum absolute atomic E-state index is 13.4. The number of carbonyl (C=O) groups excluding carboxylic acids is 2. The SMILES string of the molecule is COc1ccccc1N1CCN(CCN(c2ccccn2)[11C](=O)c2ccc(C(C)=O)cc2)CC1. The highest BCUT2D eigenvalue weighted by molar-refractivity contribution is 6.06. The van der Waals surface area contributed by atoms with Gasteiger partial charge in [0.15, 0.2) is 5.78 Å². The number of ketones is 1. The lowest BCUT2D eigenvalue weighted by Crippen LogP contribution is -2.49. The van der Waals surface area contributed by atoms with Crippen molar-refractivity contribution < 1.29 is 14.3 Å². The number of benzene rings is 2. The Hall–Kier alpha value is -3.71. The van der Waals surface area contributed by atoms with Gasteiger partial charge in [-0.1, -0.05) is 30.3 Å². The molecule has 0 saturated carbocycles. The molecule has 0 N–H and O–H groups in total. The number of rotatable bonds is 8. The van der Waals surface area contributed by atoms with Crippen molar-refractivity contribution in [2.24, 2.45) is 0 Å². The molecule has 2 aromatic carbocycles. The molecule has 3 aromatic rings. The summed E-state index contributed by atoms with van der Waals surface area (Å²) < 4.78 is 5.52. The molecule has 0 spiro atoms. The predicted molar refractivity (Wildman–Crippen MR) is 134 cm³/mol. The molecule has 2 heterocycles. The van der Waals surface area contributed by atoms with E-state index in [0.717, 1.165) is 44.2 Å². The van der Waals surface area contributed by atoms with Crippen LogP contribution in [0.1, 0.15) is 27.6 Å². The first kappa shape index (κ1) is 23.4. The first-order chi connectivity index (χ1) is 16.6. The van der Waals surface area contributed by atoms with Crippen molar-refractivity contribution in [2.45, 2.75) is 6.92 Å². The molecule has 1 aliphatic rings. The number of ether oxygens (including phenoxy) is 1. The normalized spacial score (nSPS) is 14.0. The number of hydrogen-bond donors (Lipinski definition) is 0. The molecule has 0 bridgehead atoms. The van der Waals surface area contributed by atoms with Crippen LogP contribution in [0.15, 0.2) is 72.9 Å². The number of carbonyl (C=O) groups is 2. The van der Waals surface area contributed by atoms with Gasteiger partial charge in [0.05, 0.1) is 12.8 Å². The van der Waals surface area contributed by atoms with E-state index in [4.69, 9.17) is 4.74 Å². The van der Waals surface area contributed by atoms with Gasteiger partial charge < -0.3 is 9.64 Å². The average Bonchev–Trinajstić information content (AvgIpc) is 2.89. The molecular formula is C27H30N4O3. The van der Waals surface area contributed by atoms with Gasteiger partial charge in [0.25, 0.3) is 5.91 Å². The Labute approximate surface area is 200 Å². The van der Waals surface area contributed by atoms with Crippen LogP contribution in [-0.4, -0.2) is 68.0 Å². The van der Waals surface area contributed by atoms with Gasteiger partial charge in [0.2, 0.25) is 0 Å². The molecule has 1 fully saturated rings. The molecule has 0 radical (unpaired) electrons. The molecule has 7 nitrogen and oxygen atoms in total. The fourth-order valence-corrected chi connectivity index (χ4v) is 4.18. The van der Waals surface area contributed by atoms with Crippen LogP contribution in [0.3, 0.4) is 0 Å². The van der Waals surface area contributed by atoms with Crippen molar-refractivity contribution in [3.63, 3.8) is 0 Å². The van der Waals surface area contributed by atoms with E-state index in [1.54, 1.807) is 42.5 Å². The topological polar surface area (TPSA) is 66.0 Å². The second-order valence-corrected chi connectivity index (χ2v) is 8.28. The van der Waals surface area contributed by atoms with E-state index < -0.39 is 0 Å². The first-order valence-corrected chi connectivity index (χ1v) is 11.5. The van der Waals surface area contributed by atoms with Crippen molar-refractivity contribution in [1.82, 2.24) is 9.88 Å². The van der Waals surface area contributed by atoms with Crippen molar-refractivity contribution >= 4 is 23.2 Å². The summed E-state index contributed by atoms with van der Waals surface area (Å²) in [6.07, 6.45) is 1.69. The summed E-state index contributed by atoms with van der Waals surface area (Å²) in [6, 6.07) is 20.5. The highest BCUT2D eigenvalue weighted by Gasteiger charge is 2.23. The van der Waals surface area contributed by atoms with Crippen molar-refractivity contribution in [2.75, 3.05) is 56.2 Å². The van der Waals surface area contributed by atoms with Gasteiger partial charge in [-0.2, -0.15) is 0 Å². The Bertz CT molecular complexity index is 1110.